The maximum atomic E-state index is 12.9. The summed E-state index contributed by atoms with van der Waals surface area (Å²) in [6.07, 6.45) is 6.76. The molecule has 29 heavy (non-hydrogen) atoms. The van der Waals surface area contributed by atoms with Crippen LogP contribution < -0.4 is 5.32 Å². The third-order valence-electron chi connectivity index (χ3n) is 5.83. The number of carbonyl (C=O) groups is 2. The predicted octanol–water partition coefficient (Wildman–Crippen LogP) is 2.32. The largest absolute Gasteiger partial charge is 0.338 e. The Kier molecular flexibility index (Phi) is 6.12. The van der Waals surface area contributed by atoms with Gasteiger partial charge in [0.05, 0.1) is 17.5 Å². The molecule has 3 amide bonds. The van der Waals surface area contributed by atoms with Gasteiger partial charge in [0.25, 0.3) is 5.91 Å². The van der Waals surface area contributed by atoms with Crippen molar-refractivity contribution >= 4 is 11.9 Å². The van der Waals surface area contributed by atoms with Gasteiger partial charge in [0.1, 0.15) is 0 Å². The zero-order valence-electron chi connectivity index (χ0n) is 16.8. The first kappa shape index (κ1) is 19.5. The van der Waals surface area contributed by atoms with E-state index in [-0.39, 0.29) is 11.9 Å². The van der Waals surface area contributed by atoms with Gasteiger partial charge < -0.3 is 15.1 Å². The Labute approximate surface area is 171 Å². The highest BCUT2D eigenvalue weighted by Gasteiger charge is 2.28. The summed E-state index contributed by atoms with van der Waals surface area (Å²) in [7, 11) is 0. The summed E-state index contributed by atoms with van der Waals surface area (Å²) < 4.78 is 1.97. The van der Waals surface area contributed by atoms with Gasteiger partial charge >= 0.3 is 6.03 Å². The van der Waals surface area contributed by atoms with Crippen LogP contribution in [0, 0.1) is 0 Å². The molecule has 2 aliphatic heterocycles. The van der Waals surface area contributed by atoms with Gasteiger partial charge in [-0.15, -0.1) is 0 Å². The second kappa shape index (κ2) is 9.11. The molecule has 1 fully saturated rings. The maximum Gasteiger partial charge on any atom is 0.317 e. The Bertz CT molecular complexity index is 840. The van der Waals surface area contributed by atoms with E-state index in [1.165, 1.54) is 5.56 Å². The second-order valence-corrected chi connectivity index (χ2v) is 7.79. The third kappa shape index (κ3) is 4.60. The first-order chi connectivity index (χ1) is 14.2. The van der Waals surface area contributed by atoms with Crippen molar-refractivity contribution < 1.29 is 9.59 Å². The molecule has 2 aliphatic rings. The molecule has 0 aliphatic carbocycles. The van der Waals surface area contributed by atoms with E-state index < -0.39 is 0 Å². The van der Waals surface area contributed by atoms with Crippen molar-refractivity contribution in [1.82, 2.24) is 24.9 Å². The zero-order chi connectivity index (χ0) is 20.1. The summed E-state index contributed by atoms with van der Waals surface area (Å²) >= 11 is 0. The van der Waals surface area contributed by atoms with E-state index in [2.05, 4.69) is 22.5 Å². The molecule has 1 aromatic carbocycles. The lowest BCUT2D eigenvalue weighted by Gasteiger charge is -2.34. The van der Waals surface area contributed by atoms with Crippen LogP contribution in [0.1, 0.15) is 40.9 Å². The van der Waals surface area contributed by atoms with Crippen LogP contribution in [0.5, 0.6) is 0 Å². The minimum absolute atomic E-state index is 0.0342. The number of nitrogens with one attached hydrogen (secondary N) is 1. The number of fused-ring (bicyclic) bond motifs is 1. The van der Waals surface area contributed by atoms with E-state index >= 15 is 0 Å². The van der Waals surface area contributed by atoms with Gasteiger partial charge in [0, 0.05) is 39.3 Å². The lowest BCUT2D eigenvalue weighted by atomic mass is 10.1. The van der Waals surface area contributed by atoms with Gasteiger partial charge in [0.15, 0.2) is 0 Å². The van der Waals surface area contributed by atoms with Crippen LogP contribution in [-0.4, -0.2) is 64.2 Å². The molecular weight excluding hydrogens is 366 g/mol. The number of aryl methyl sites for hydroxylation is 2. The Morgan fingerprint density at radius 1 is 0.966 bits per heavy atom. The van der Waals surface area contributed by atoms with Crippen molar-refractivity contribution in [3.05, 3.63) is 53.3 Å². The normalized spacial score (nSPS) is 16.4. The van der Waals surface area contributed by atoms with Crippen molar-refractivity contribution in [3.8, 4) is 0 Å². The molecular formula is C22H29N5O2. The Morgan fingerprint density at radius 3 is 2.52 bits per heavy atom. The van der Waals surface area contributed by atoms with E-state index in [1.807, 2.05) is 27.8 Å². The Morgan fingerprint density at radius 2 is 1.72 bits per heavy atom. The number of piperazine rings is 1. The van der Waals surface area contributed by atoms with Crippen LogP contribution in [0.3, 0.4) is 0 Å². The maximum absolute atomic E-state index is 12.9. The van der Waals surface area contributed by atoms with Crippen LogP contribution in [0.25, 0.3) is 0 Å². The molecule has 0 saturated carbocycles. The number of aromatic nitrogens is 2. The van der Waals surface area contributed by atoms with Crippen LogP contribution >= 0.6 is 0 Å². The standard InChI is InChI=1S/C22H29N5O2/c28-21(19-17-24-27-12-5-4-10-20(19)27)25-13-15-26(16-14-25)22(29)23-11-6-9-18-7-2-1-3-8-18/h1-3,7-8,17H,4-6,9-16H2,(H,23,29). The molecule has 0 spiro atoms. The summed E-state index contributed by atoms with van der Waals surface area (Å²) in [6.45, 7) is 3.84. The molecule has 3 heterocycles. The molecule has 1 N–H and O–H groups in total. The molecule has 1 aromatic heterocycles. The number of hydrogen-bond donors (Lipinski definition) is 1. The SMILES string of the molecule is O=C(NCCCc1ccccc1)N1CCN(C(=O)c2cnn3c2CCCC3)CC1. The molecule has 7 nitrogen and oxygen atoms in total. The Balaban J connectivity index is 1.21. The quantitative estimate of drug-likeness (QED) is 0.790. The first-order valence-corrected chi connectivity index (χ1v) is 10.6. The highest BCUT2D eigenvalue weighted by atomic mass is 16.2. The van der Waals surface area contributed by atoms with Crippen molar-refractivity contribution in [2.75, 3.05) is 32.7 Å². The van der Waals surface area contributed by atoms with Gasteiger partial charge in [-0.25, -0.2) is 4.79 Å². The van der Waals surface area contributed by atoms with E-state index in [4.69, 9.17) is 0 Å². The molecule has 7 heteroatoms. The molecule has 4 rings (SSSR count). The van der Waals surface area contributed by atoms with Crippen LogP contribution in [0.15, 0.2) is 36.5 Å². The fourth-order valence-corrected chi connectivity index (χ4v) is 4.13. The van der Waals surface area contributed by atoms with Gasteiger partial charge in [-0.3, -0.25) is 9.48 Å². The van der Waals surface area contributed by atoms with Crippen molar-refractivity contribution in [2.45, 2.75) is 38.6 Å². The number of nitrogens with zero attached hydrogens (tertiary/aromatic N) is 4. The zero-order valence-corrected chi connectivity index (χ0v) is 16.8. The average molecular weight is 396 g/mol. The minimum Gasteiger partial charge on any atom is -0.338 e. The van der Waals surface area contributed by atoms with Crippen LogP contribution in [0.4, 0.5) is 4.79 Å². The first-order valence-electron chi connectivity index (χ1n) is 10.6. The molecule has 0 radical (unpaired) electrons. The van der Waals surface area contributed by atoms with Gasteiger partial charge in [-0.1, -0.05) is 30.3 Å². The molecule has 0 unspecified atom stereocenters. The van der Waals surface area contributed by atoms with E-state index in [9.17, 15) is 9.59 Å². The van der Waals surface area contributed by atoms with E-state index in [0.717, 1.165) is 49.9 Å². The number of amides is 3. The monoisotopic (exact) mass is 395 g/mol. The van der Waals surface area contributed by atoms with E-state index in [0.29, 0.717) is 32.7 Å². The Hall–Kier alpha value is -2.83. The van der Waals surface area contributed by atoms with E-state index in [1.54, 1.807) is 11.1 Å². The third-order valence-corrected chi connectivity index (χ3v) is 5.83. The van der Waals surface area contributed by atoms with Gasteiger partial charge in [-0.2, -0.15) is 5.10 Å². The van der Waals surface area contributed by atoms with Gasteiger partial charge in [-0.05, 0) is 37.7 Å². The highest BCUT2D eigenvalue weighted by molar-refractivity contribution is 5.95. The molecule has 0 bridgehead atoms. The minimum atomic E-state index is -0.0342. The molecule has 2 aromatic rings. The summed E-state index contributed by atoms with van der Waals surface area (Å²) in [4.78, 5) is 29.0. The lowest BCUT2D eigenvalue weighted by Crippen LogP contribution is -2.53. The van der Waals surface area contributed by atoms with Gasteiger partial charge in [0.2, 0.25) is 0 Å². The fraction of sp³-hybridized carbons (Fsp3) is 0.500. The predicted molar refractivity (Wildman–Crippen MR) is 111 cm³/mol. The fourth-order valence-electron chi connectivity index (χ4n) is 4.13. The molecule has 1 saturated heterocycles. The van der Waals surface area contributed by atoms with Crippen LogP contribution in [0.2, 0.25) is 0 Å². The lowest BCUT2D eigenvalue weighted by molar-refractivity contribution is 0.0663. The van der Waals surface area contributed by atoms with Crippen molar-refractivity contribution in [1.29, 1.82) is 0 Å². The molecule has 0 atom stereocenters. The van der Waals surface area contributed by atoms with Crippen molar-refractivity contribution in [3.63, 3.8) is 0 Å². The summed E-state index contributed by atoms with van der Waals surface area (Å²) in [5.74, 6) is 0.0519. The number of rotatable bonds is 5. The molecule has 154 valence electrons. The summed E-state index contributed by atoms with van der Waals surface area (Å²) in [5, 5.41) is 7.38. The highest BCUT2D eigenvalue weighted by Crippen LogP contribution is 2.20. The summed E-state index contributed by atoms with van der Waals surface area (Å²) in [5.41, 5.74) is 3.10. The summed E-state index contributed by atoms with van der Waals surface area (Å²) in [6, 6.07) is 10.3. The number of benzene rings is 1. The smallest absolute Gasteiger partial charge is 0.317 e. The number of carbonyl (C=O) groups excluding carboxylic acids is 2. The number of hydrogen-bond acceptors (Lipinski definition) is 3. The topological polar surface area (TPSA) is 70.5 Å². The van der Waals surface area contributed by atoms with Crippen LogP contribution in [-0.2, 0) is 19.4 Å². The van der Waals surface area contributed by atoms with Crippen molar-refractivity contribution in [2.24, 2.45) is 0 Å². The average Bonchev–Trinajstić information content (AvgIpc) is 3.21. The second-order valence-electron chi connectivity index (χ2n) is 7.79. The number of urea groups is 1.